The molecule has 1 saturated heterocycles. The number of rotatable bonds is 6. The van der Waals surface area contributed by atoms with Crippen LogP contribution in [-0.2, 0) is 14.4 Å². The van der Waals surface area contributed by atoms with E-state index in [9.17, 15) is 19.2 Å². The highest BCUT2D eigenvalue weighted by atomic mass is 35.5. The van der Waals surface area contributed by atoms with Gasteiger partial charge in [0.25, 0.3) is 17.7 Å². The van der Waals surface area contributed by atoms with Crippen LogP contribution in [-0.4, -0.2) is 30.4 Å². The molecule has 4 rings (SSSR count). The Morgan fingerprint density at radius 2 is 1.76 bits per heavy atom. The number of hydrogen-bond donors (Lipinski definition) is 2. The minimum atomic E-state index is -0.918. The first-order valence-corrected chi connectivity index (χ1v) is 11.8. The highest BCUT2D eigenvalue weighted by molar-refractivity contribution is 6.43. The molecule has 3 aromatic carbocycles. The van der Waals surface area contributed by atoms with E-state index in [1.54, 1.807) is 24.3 Å². The van der Waals surface area contributed by atoms with Gasteiger partial charge in [0.2, 0.25) is 0 Å². The molecule has 0 spiro atoms. The monoisotopic (exact) mass is 537 g/mol. The van der Waals surface area contributed by atoms with Crippen LogP contribution in [0.5, 0.6) is 5.75 Å². The molecule has 1 fully saturated rings. The highest BCUT2D eigenvalue weighted by Crippen LogP contribution is 2.30. The Balaban J connectivity index is 1.56. The molecule has 0 atom stereocenters. The number of urea groups is 1. The van der Waals surface area contributed by atoms with E-state index in [0.717, 1.165) is 16.0 Å². The summed E-state index contributed by atoms with van der Waals surface area (Å²) in [5.41, 5.74) is 2.80. The van der Waals surface area contributed by atoms with Gasteiger partial charge in [-0.05, 0) is 61.4 Å². The molecule has 3 aromatic rings. The zero-order chi connectivity index (χ0) is 26.7. The van der Waals surface area contributed by atoms with Crippen LogP contribution in [0, 0.1) is 13.8 Å². The Bertz CT molecular complexity index is 1470. The van der Waals surface area contributed by atoms with Crippen molar-refractivity contribution in [1.82, 2.24) is 5.32 Å². The molecule has 1 heterocycles. The van der Waals surface area contributed by atoms with Crippen molar-refractivity contribution in [2.45, 2.75) is 13.8 Å². The van der Waals surface area contributed by atoms with Crippen LogP contribution in [0.2, 0.25) is 10.0 Å². The van der Waals surface area contributed by atoms with Crippen molar-refractivity contribution in [3.63, 3.8) is 0 Å². The fourth-order valence-electron chi connectivity index (χ4n) is 3.60. The molecule has 5 amide bonds. The van der Waals surface area contributed by atoms with Crippen molar-refractivity contribution in [3.05, 3.63) is 93.0 Å². The first-order valence-electron chi connectivity index (χ1n) is 11.1. The van der Waals surface area contributed by atoms with Gasteiger partial charge >= 0.3 is 6.03 Å². The second-order valence-electron chi connectivity index (χ2n) is 8.25. The Kier molecular flexibility index (Phi) is 7.61. The van der Waals surface area contributed by atoms with Gasteiger partial charge in [0.05, 0.1) is 15.7 Å². The Labute approximate surface area is 222 Å². The van der Waals surface area contributed by atoms with Crippen LogP contribution in [0.4, 0.5) is 16.2 Å². The molecular weight excluding hydrogens is 517 g/mol. The lowest BCUT2D eigenvalue weighted by Gasteiger charge is -2.26. The van der Waals surface area contributed by atoms with Crippen molar-refractivity contribution in [1.29, 1.82) is 0 Å². The van der Waals surface area contributed by atoms with Gasteiger partial charge in [0, 0.05) is 11.3 Å². The molecule has 1 aliphatic rings. The van der Waals surface area contributed by atoms with Gasteiger partial charge in [-0.3, -0.25) is 19.7 Å². The van der Waals surface area contributed by atoms with E-state index in [0.29, 0.717) is 11.3 Å². The molecule has 0 unspecified atom stereocenters. The number of benzene rings is 3. The van der Waals surface area contributed by atoms with Crippen LogP contribution in [0.3, 0.4) is 0 Å². The number of aryl methyl sites for hydroxylation is 2. The highest BCUT2D eigenvalue weighted by Gasteiger charge is 2.37. The number of ether oxygens (including phenoxy) is 1. The fourth-order valence-corrected chi connectivity index (χ4v) is 3.90. The summed E-state index contributed by atoms with van der Waals surface area (Å²) in [4.78, 5) is 51.5. The fraction of sp³-hybridized carbons (Fsp3) is 0.111. The number of hydrogen-bond acceptors (Lipinski definition) is 5. The van der Waals surface area contributed by atoms with E-state index in [1.165, 1.54) is 24.3 Å². The van der Waals surface area contributed by atoms with Crippen LogP contribution in [0.1, 0.15) is 16.7 Å². The van der Waals surface area contributed by atoms with E-state index >= 15 is 0 Å². The minimum Gasteiger partial charge on any atom is -0.483 e. The third-order valence-corrected chi connectivity index (χ3v) is 6.25. The molecule has 2 N–H and O–H groups in total. The number of amides is 5. The van der Waals surface area contributed by atoms with E-state index in [-0.39, 0.29) is 39.6 Å². The number of carbonyl (C=O) groups is 4. The van der Waals surface area contributed by atoms with Crippen LogP contribution >= 0.6 is 23.2 Å². The van der Waals surface area contributed by atoms with Gasteiger partial charge in [-0.15, -0.1) is 0 Å². The summed E-state index contributed by atoms with van der Waals surface area (Å²) in [6.07, 6.45) is 1.30. The van der Waals surface area contributed by atoms with E-state index < -0.39 is 17.8 Å². The molecule has 10 heteroatoms. The van der Waals surface area contributed by atoms with E-state index in [1.807, 2.05) is 32.0 Å². The molecular formula is C27H21Cl2N3O5. The first-order chi connectivity index (χ1) is 17.6. The zero-order valence-corrected chi connectivity index (χ0v) is 21.3. The molecule has 0 aromatic heterocycles. The van der Waals surface area contributed by atoms with E-state index in [4.69, 9.17) is 27.9 Å². The van der Waals surface area contributed by atoms with Crippen molar-refractivity contribution in [3.8, 4) is 5.75 Å². The lowest BCUT2D eigenvalue weighted by atomic mass is 10.1. The van der Waals surface area contributed by atoms with Crippen molar-refractivity contribution in [2.24, 2.45) is 0 Å². The zero-order valence-electron chi connectivity index (χ0n) is 19.8. The molecule has 1 aliphatic heterocycles. The predicted octanol–water partition coefficient (Wildman–Crippen LogP) is 5.29. The van der Waals surface area contributed by atoms with Gasteiger partial charge in [0.1, 0.15) is 11.3 Å². The number of barbiturate groups is 1. The molecule has 0 aliphatic carbocycles. The van der Waals surface area contributed by atoms with Crippen LogP contribution < -0.4 is 20.3 Å². The smallest absolute Gasteiger partial charge is 0.335 e. The quantitative estimate of drug-likeness (QED) is 0.328. The van der Waals surface area contributed by atoms with Gasteiger partial charge in [0.15, 0.2) is 6.61 Å². The summed E-state index contributed by atoms with van der Waals surface area (Å²) < 4.78 is 5.70. The van der Waals surface area contributed by atoms with Crippen molar-refractivity contribution < 1.29 is 23.9 Å². The molecule has 8 nitrogen and oxygen atoms in total. The Hall–Kier alpha value is -4.14. The summed E-state index contributed by atoms with van der Waals surface area (Å²) in [6, 6.07) is 15.6. The van der Waals surface area contributed by atoms with Gasteiger partial charge in [-0.2, -0.15) is 0 Å². The molecule has 37 heavy (non-hydrogen) atoms. The normalized spacial score (nSPS) is 14.5. The average Bonchev–Trinajstić information content (AvgIpc) is 2.85. The average molecular weight is 538 g/mol. The molecule has 0 radical (unpaired) electrons. The minimum absolute atomic E-state index is 0.139. The third-order valence-electron chi connectivity index (χ3n) is 5.51. The lowest BCUT2D eigenvalue weighted by molar-refractivity contribution is -0.122. The standard InChI is InChI=1S/C27H21Cl2N3O5/c1-15-7-8-16(2)22(11-15)30-24(33)14-37-23-6-4-3-5-17(23)12-19-25(34)31-27(36)32(26(19)35)18-9-10-20(28)21(29)13-18/h3-13H,14H2,1-2H3,(H,30,33)(H,31,34,36)/b19-12-. The number of imide groups is 2. The van der Waals surface area contributed by atoms with E-state index in [2.05, 4.69) is 10.6 Å². The third kappa shape index (κ3) is 5.82. The maximum atomic E-state index is 13.2. The first kappa shape index (κ1) is 25.9. The molecule has 188 valence electrons. The Morgan fingerprint density at radius 3 is 2.51 bits per heavy atom. The summed E-state index contributed by atoms with van der Waals surface area (Å²) in [5, 5.41) is 5.34. The maximum Gasteiger partial charge on any atom is 0.335 e. The van der Waals surface area contributed by atoms with Crippen LogP contribution in [0.15, 0.2) is 66.2 Å². The van der Waals surface area contributed by atoms with Gasteiger partial charge < -0.3 is 10.1 Å². The Morgan fingerprint density at radius 1 is 1.00 bits per heavy atom. The topological polar surface area (TPSA) is 105 Å². The molecule has 0 saturated carbocycles. The van der Waals surface area contributed by atoms with Crippen molar-refractivity contribution in [2.75, 3.05) is 16.8 Å². The predicted molar refractivity (Wildman–Crippen MR) is 142 cm³/mol. The SMILES string of the molecule is Cc1ccc(C)c(NC(=O)COc2ccccc2/C=C2/C(=O)NC(=O)N(c3ccc(Cl)c(Cl)c3)C2=O)c1. The van der Waals surface area contributed by atoms with Crippen LogP contribution in [0.25, 0.3) is 6.08 Å². The maximum absolute atomic E-state index is 13.2. The molecule has 0 bridgehead atoms. The van der Waals surface area contributed by atoms with Gasteiger partial charge in [-0.1, -0.05) is 53.5 Å². The summed E-state index contributed by atoms with van der Waals surface area (Å²) in [5.74, 6) is -1.83. The second-order valence-corrected chi connectivity index (χ2v) is 9.06. The number of anilines is 2. The number of nitrogens with zero attached hydrogens (tertiary/aromatic N) is 1. The van der Waals surface area contributed by atoms with Crippen molar-refractivity contribution >= 4 is 64.4 Å². The number of para-hydroxylation sites is 1. The number of nitrogens with one attached hydrogen (secondary N) is 2. The summed E-state index contributed by atoms with van der Waals surface area (Å²) in [6.45, 7) is 3.51. The lowest BCUT2D eigenvalue weighted by Crippen LogP contribution is -2.54. The largest absolute Gasteiger partial charge is 0.483 e. The van der Waals surface area contributed by atoms with Gasteiger partial charge in [-0.25, -0.2) is 9.69 Å². The number of halogens is 2. The summed E-state index contributed by atoms with van der Waals surface area (Å²) >= 11 is 12.0. The number of carbonyl (C=O) groups excluding carboxylic acids is 4. The summed E-state index contributed by atoms with van der Waals surface area (Å²) in [7, 11) is 0. The second kappa shape index (κ2) is 10.9.